The van der Waals surface area contributed by atoms with Gasteiger partial charge in [-0.05, 0) is 12.1 Å². The summed E-state index contributed by atoms with van der Waals surface area (Å²) in [7, 11) is -1.90. The molecule has 0 fully saturated rings. The molecule has 1 rings (SSSR count). The summed E-state index contributed by atoms with van der Waals surface area (Å²) in [6, 6.07) is 8.76. The van der Waals surface area contributed by atoms with Gasteiger partial charge in [0.05, 0.1) is 0 Å². The van der Waals surface area contributed by atoms with E-state index in [1.54, 1.807) is 24.3 Å². The quantitative estimate of drug-likeness (QED) is 0.634. The first-order chi connectivity index (χ1) is 4.30. The van der Waals surface area contributed by atoms with Crippen molar-refractivity contribution in [2.75, 3.05) is 0 Å². The van der Waals surface area contributed by atoms with Gasteiger partial charge in [-0.1, -0.05) is 18.2 Å². The van der Waals surface area contributed by atoms with Gasteiger partial charge in [-0.2, -0.15) is 0 Å². The average Bonchev–Trinajstić information content (AvgIpc) is 1.90. The Balaban J connectivity index is 0. The molecule has 1 aromatic rings. The second-order valence-electron chi connectivity index (χ2n) is 1.62. The van der Waals surface area contributed by atoms with Crippen LogP contribution in [-0.2, 0) is 0 Å². The van der Waals surface area contributed by atoms with E-state index in [0.29, 0.717) is 5.30 Å². The van der Waals surface area contributed by atoms with Crippen molar-refractivity contribution in [3.05, 3.63) is 30.3 Å². The summed E-state index contributed by atoms with van der Waals surface area (Å²) >= 11 is 0. The molecule has 0 radical (unpaired) electrons. The lowest BCUT2D eigenvalue weighted by atomic mass is 10.4. The zero-order valence-corrected chi connectivity index (χ0v) is 6.44. The van der Waals surface area contributed by atoms with Crippen LogP contribution < -0.4 is 5.30 Å². The topological polar surface area (TPSA) is 40.5 Å². The molecule has 0 aromatic heterocycles. The molecule has 0 aliphatic carbocycles. The molecule has 0 atom stereocenters. The van der Waals surface area contributed by atoms with Crippen LogP contribution in [0.1, 0.15) is 0 Å². The lowest BCUT2D eigenvalue weighted by Gasteiger charge is -1.98. The number of hydrogen-bond donors (Lipinski definition) is 2. The molecule has 0 amide bonds. The number of rotatable bonds is 1. The molecule has 5 heteroatoms. The molecule has 0 unspecified atom stereocenters. The first-order valence-electron chi connectivity index (χ1n) is 2.53. The van der Waals surface area contributed by atoms with E-state index in [-0.39, 0.29) is 9.41 Å². The van der Waals surface area contributed by atoms with Crippen molar-refractivity contribution < 1.29 is 19.2 Å². The fraction of sp³-hybridized carbons (Fsp3) is 0. The van der Waals surface area contributed by atoms with Crippen molar-refractivity contribution in [3.63, 3.8) is 0 Å². The summed E-state index contributed by atoms with van der Waals surface area (Å²) in [5.41, 5.74) is 0. The highest BCUT2D eigenvalue weighted by atomic mass is 31.2. The molecular formula is C6H9F2O2P. The molecule has 0 spiro atoms. The Bertz CT molecular complexity index is 181. The fourth-order valence-corrected chi connectivity index (χ4v) is 1.00. The Kier molecular flexibility index (Phi) is 7.31. The highest BCUT2D eigenvalue weighted by Crippen LogP contribution is 2.20. The third kappa shape index (κ3) is 3.98. The zero-order chi connectivity index (χ0) is 6.69. The van der Waals surface area contributed by atoms with Gasteiger partial charge < -0.3 is 9.79 Å². The van der Waals surface area contributed by atoms with Crippen LogP contribution in [0.4, 0.5) is 9.41 Å². The van der Waals surface area contributed by atoms with Crippen LogP contribution in [-0.4, -0.2) is 9.79 Å². The average molecular weight is 182 g/mol. The summed E-state index contributed by atoms with van der Waals surface area (Å²) in [5, 5.41) is 0.590. The number of halogens is 2. The van der Waals surface area contributed by atoms with Crippen molar-refractivity contribution in [3.8, 4) is 0 Å². The molecule has 0 saturated carbocycles. The third-order valence-corrected chi connectivity index (χ3v) is 1.75. The SMILES string of the molecule is F.F.OP(O)c1ccccc1. The van der Waals surface area contributed by atoms with Crippen molar-refractivity contribution >= 4 is 13.7 Å². The molecule has 2 N–H and O–H groups in total. The van der Waals surface area contributed by atoms with Gasteiger partial charge in [0, 0.05) is 5.30 Å². The van der Waals surface area contributed by atoms with E-state index >= 15 is 0 Å². The van der Waals surface area contributed by atoms with Crippen LogP contribution in [0.15, 0.2) is 30.3 Å². The highest BCUT2D eigenvalue weighted by Gasteiger charge is 1.98. The van der Waals surface area contributed by atoms with Gasteiger partial charge in [0.2, 0.25) is 0 Å². The van der Waals surface area contributed by atoms with Crippen molar-refractivity contribution in [1.29, 1.82) is 0 Å². The Hall–Kier alpha value is -0.570. The van der Waals surface area contributed by atoms with Crippen molar-refractivity contribution in [2.24, 2.45) is 0 Å². The van der Waals surface area contributed by atoms with Gasteiger partial charge in [0.1, 0.15) is 0 Å². The maximum Gasteiger partial charge on any atom is 0.199 e. The van der Waals surface area contributed by atoms with Gasteiger partial charge in [0.15, 0.2) is 8.38 Å². The van der Waals surface area contributed by atoms with Crippen LogP contribution in [0.25, 0.3) is 0 Å². The van der Waals surface area contributed by atoms with Gasteiger partial charge >= 0.3 is 0 Å². The standard InChI is InChI=1S/C6H7O2P.2FH/c7-9(8)6-4-2-1-3-5-6;;/h1-5,7-8H;2*1H. The molecule has 0 heterocycles. The van der Waals surface area contributed by atoms with Crippen LogP contribution in [0.2, 0.25) is 0 Å². The van der Waals surface area contributed by atoms with E-state index in [2.05, 4.69) is 0 Å². The third-order valence-electron chi connectivity index (χ3n) is 0.987. The van der Waals surface area contributed by atoms with Crippen LogP contribution >= 0.6 is 8.38 Å². The molecule has 0 saturated heterocycles. The monoisotopic (exact) mass is 182 g/mol. The van der Waals surface area contributed by atoms with Gasteiger partial charge in [-0.15, -0.1) is 0 Å². The maximum atomic E-state index is 8.64. The Morgan fingerprint density at radius 3 is 1.64 bits per heavy atom. The predicted octanol–water partition coefficient (Wildman–Crippen LogP) is 0.913. The highest BCUT2D eigenvalue weighted by molar-refractivity contribution is 7.53. The minimum absolute atomic E-state index is 0. The second-order valence-corrected chi connectivity index (χ2v) is 2.72. The first kappa shape index (κ1) is 13.1. The lowest BCUT2D eigenvalue weighted by molar-refractivity contribution is 0.497. The molecule has 0 aliphatic heterocycles. The molecule has 64 valence electrons. The normalized spacial score (nSPS) is 8.27. The molecule has 11 heavy (non-hydrogen) atoms. The van der Waals surface area contributed by atoms with E-state index in [1.807, 2.05) is 6.07 Å². The number of hydrogen-bond acceptors (Lipinski definition) is 2. The van der Waals surface area contributed by atoms with E-state index < -0.39 is 8.38 Å². The Labute approximate surface area is 64.2 Å². The minimum Gasteiger partial charge on any atom is -0.347 e. The summed E-state index contributed by atoms with van der Waals surface area (Å²) in [5.74, 6) is 0. The maximum absolute atomic E-state index is 8.64. The summed E-state index contributed by atoms with van der Waals surface area (Å²) in [4.78, 5) is 17.3. The van der Waals surface area contributed by atoms with Crippen LogP contribution in [0.5, 0.6) is 0 Å². The van der Waals surface area contributed by atoms with Crippen molar-refractivity contribution in [2.45, 2.75) is 0 Å². The summed E-state index contributed by atoms with van der Waals surface area (Å²) in [6.07, 6.45) is 0. The molecular weight excluding hydrogens is 173 g/mol. The van der Waals surface area contributed by atoms with Crippen molar-refractivity contribution in [1.82, 2.24) is 0 Å². The largest absolute Gasteiger partial charge is 0.347 e. The number of benzene rings is 1. The van der Waals surface area contributed by atoms with E-state index in [4.69, 9.17) is 9.79 Å². The zero-order valence-electron chi connectivity index (χ0n) is 5.54. The molecule has 0 bridgehead atoms. The summed E-state index contributed by atoms with van der Waals surface area (Å²) < 4.78 is 0. The second kappa shape index (κ2) is 6.16. The van der Waals surface area contributed by atoms with Crippen LogP contribution in [0.3, 0.4) is 0 Å². The van der Waals surface area contributed by atoms with Gasteiger partial charge in [-0.25, -0.2) is 0 Å². The lowest BCUT2D eigenvalue weighted by Crippen LogP contribution is -1.96. The predicted molar refractivity (Wildman–Crippen MR) is 42.4 cm³/mol. The fourth-order valence-electron chi connectivity index (χ4n) is 0.561. The molecule has 1 aromatic carbocycles. The summed E-state index contributed by atoms with van der Waals surface area (Å²) in [6.45, 7) is 0. The van der Waals surface area contributed by atoms with E-state index in [0.717, 1.165) is 0 Å². The Morgan fingerprint density at radius 1 is 0.909 bits per heavy atom. The first-order valence-corrected chi connectivity index (χ1v) is 3.78. The Morgan fingerprint density at radius 2 is 1.36 bits per heavy atom. The van der Waals surface area contributed by atoms with Gasteiger partial charge in [0.25, 0.3) is 0 Å². The van der Waals surface area contributed by atoms with Gasteiger partial charge in [-0.3, -0.25) is 9.41 Å². The van der Waals surface area contributed by atoms with E-state index in [1.165, 1.54) is 0 Å². The van der Waals surface area contributed by atoms with E-state index in [9.17, 15) is 0 Å². The van der Waals surface area contributed by atoms with Crippen LogP contribution in [0, 0.1) is 0 Å². The molecule has 2 nitrogen and oxygen atoms in total. The minimum atomic E-state index is -1.90. The smallest absolute Gasteiger partial charge is 0.199 e. The molecule has 0 aliphatic rings.